The van der Waals surface area contributed by atoms with E-state index >= 15 is 0 Å². The summed E-state index contributed by atoms with van der Waals surface area (Å²) in [5.41, 5.74) is 5.11. The van der Waals surface area contributed by atoms with E-state index in [1.165, 1.54) is 5.56 Å². The molecule has 0 spiro atoms. The van der Waals surface area contributed by atoms with Gasteiger partial charge in [-0.3, -0.25) is 9.88 Å². The molecule has 1 aliphatic heterocycles. The Bertz CT molecular complexity index is 1590. The van der Waals surface area contributed by atoms with E-state index in [0.717, 1.165) is 90.9 Å². The highest BCUT2D eigenvalue weighted by atomic mass is 16.3. The minimum atomic E-state index is 0.282. The molecule has 1 aliphatic rings. The topological polar surface area (TPSA) is 98.2 Å². The van der Waals surface area contributed by atoms with E-state index in [1.807, 2.05) is 42.6 Å². The van der Waals surface area contributed by atoms with Crippen LogP contribution in [0.1, 0.15) is 24.0 Å². The molecule has 6 rings (SSSR count). The Morgan fingerprint density at radius 2 is 1.76 bits per heavy atom. The quantitative estimate of drug-likeness (QED) is 0.168. The molecule has 0 radical (unpaired) electrons. The standard InChI is InChI=1S/C33H37N7O/c41-31-13-12-27-32(38-23-39-33(27)37-16-6-9-24-7-2-1-3-8-24)28(31)22-40-20-19-34-21-25(40)14-17-35-30-15-18-36-29-11-5-4-10-26(29)30/h1-5,7-8,10-13,15,18,23,25,34,41H,6,9,14,16-17,19-22H2,(H,35,36)(H,37,38,39). The number of aromatic hydroxyl groups is 1. The summed E-state index contributed by atoms with van der Waals surface area (Å²) in [6, 6.07) is 24.8. The zero-order valence-corrected chi connectivity index (χ0v) is 23.3. The maximum atomic E-state index is 10.9. The fraction of sp³-hybridized carbons (Fsp3) is 0.303. The average molecular weight is 548 g/mol. The normalized spacial score (nSPS) is 15.8. The van der Waals surface area contributed by atoms with Crippen LogP contribution in [0.3, 0.4) is 0 Å². The van der Waals surface area contributed by atoms with Gasteiger partial charge in [0.2, 0.25) is 0 Å². The third kappa shape index (κ3) is 6.39. The number of fused-ring (bicyclic) bond motifs is 2. The first kappa shape index (κ1) is 26.9. The Morgan fingerprint density at radius 1 is 0.878 bits per heavy atom. The second-order valence-electron chi connectivity index (χ2n) is 10.6. The van der Waals surface area contributed by atoms with Crippen molar-refractivity contribution in [2.24, 2.45) is 0 Å². The lowest BCUT2D eigenvalue weighted by molar-refractivity contribution is 0.147. The number of nitrogens with one attached hydrogen (secondary N) is 3. The maximum absolute atomic E-state index is 10.9. The number of para-hydroxylation sites is 1. The number of hydrogen-bond acceptors (Lipinski definition) is 8. The average Bonchev–Trinajstić information content (AvgIpc) is 3.02. The molecule has 8 nitrogen and oxygen atoms in total. The molecule has 4 N–H and O–H groups in total. The summed E-state index contributed by atoms with van der Waals surface area (Å²) in [7, 11) is 0. The fourth-order valence-corrected chi connectivity index (χ4v) is 5.74. The summed E-state index contributed by atoms with van der Waals surface area (Å²) in [6.07, 6.45) is 6.45. The first-order chi connectivity index (χ1) is 20.3. The lowest BCUT2D eigenvalue weighted by Crippen LogP contribution is -2.51. The summed E-state index contributed by atoms with van der Waals surface area (Å²) in [5, 5.41) is 23.7. The SMILES string of the molecule is Oc1ccc2c(NCCCc3ccccc3)ncnc2c1CN1CCNCC1CCNc1ccnc2ccccc12. The highest BCUT2D eigenvalue weighted by Gasteiger charge is 2.24. The van der Waals surface area contributed by atoms with Gasteiger partial charge in [0.05, 0.1) is 11.0 Å². The number of piperazine rings is 1. The molecule has 2 aromatic heterocycles. The van der Waals surface area contributed by atoms with Crippen LogP contribution in [-0.4, -0.2) is 63.7 Å². The Morgan fingerprint density at radius 3 is 2.68 bits per heavy atom. The van der Waals surface area contributed by atoms with Gasteiger partial charge in [-0.15, -0.1) is 0 Å². The van der Waals surface area contributed by atoms with Crippen LogP contribution in [0.2, 0.25) is 0 Å². The molecule has 1 fully saturated rings. The van der Waals surface area contributed by atoms with Gasteiger partial charge >= 0.3 is 0 Å². The van der Waals surface area contributed by atoms with E-state index in [-0.39, 0.29) is 5.75 Å². The molecule has 0 amide bonds. The Labute approximate surface area is 240 Å². The highest BCUT2D eigenvalue weighted by molar-refractivity contribution is 5.92. The van der Waals surface area contributed by atoms with Gasteiger partial charge in [0.25, 0.3) is 0 Å². The van der Waals surface area contributed by atoms with Gasteiger partial charge in [0, 0.05) is 73.5 Å². The van der Waals surface area contributed by atoms with E-state index in [0.29, 0.717) is 12.6 Å². The van der Waals surface area contributed by atoms with Gasteiger partial charge in [-0.05, 0) is 49.1 Å². The van der Waals surface area contributed by atoms with Crippen molar-refractivity contribution in [1.82, 2.24) is 25.2 Å². The van der Waals surface area contributed by atoms with Crippen molar-refractivity contribution in [3.63, 3.8) is 0 Å². The number of pyridine rings is 1. The molecular weight excluding hydrogens is 510 g/mol. The molecule has 1 unspecified atom stereocenters. The van der Waals surface area contributed by atoms with Gasteiger partial charge in [0.15, 0.2) is 0 Å². The molecule has 5 aromatic rings. The number of aryl methyl sites for hydroxylation is 1. The van der Waals surface area contributed by atoms with Crippen LogP contribution in [0.15, 0.2) is 85.3 Å². The van der Waals surface area contributed by atoms with Crippen LogP contribution in [0.25, 0.3) is 21.8 Å². The lowest BCUT2D eigenvalue weighted by atomic mass is 10.0. The molecule has 1 atom stereocenters. The van der Waals surface area contributed by atoms with Gasteiger partial charge in [-0.1, -0.05) is 48.5 Å². The van der Waals surface area contributed by atoms with Gasteiger partial charge < -0.3 is 21.1 Å². The fourth-order valence-electron chi connectivity index (χ4n) is 5.74. The first-order valence-electron chi connectivity index (χ1n) is 14.5. The monoisotopic (exact) mass is 547 g/mol. The van der Waals surface area contributed by atoms with E-state index < -0.39 is 0 Å². The van der Waals surface area contributed by atoms with Gasteiger partial charge in [-0.25, -0.2) is 9.97 Å². The Hall–Kier alpha value is -4.27. The van der Waals surface area contributed by atoms with Crippen LogP contribution >= 0.6 is 0 Å². The Kier molecular flexibility index (Phi) is 8.49. The molecule has 210 valence electrons. The number of nitrogens with zero attached hydrogens (tertiary/aromatic N) is 4. The number of rotatable bonds is 11. The summed E-state index contributed by atoms with van der Waals surface area (Å²) < 4.78 is 0. The van der Waals surface area contributed by atoms with Gasteiger partial charge in [0.1, 0.15) is 17.9 Å². The minimum Gasteiger partial charge on any atom is -0.508 e. The van der Waals surface area contributed by atoms with Crippen molar-refractivity contribution < 1.29 is 5.11 Å². The summed E-state index contributed by atoms with van der Waals surface area (Å²) in [4.78, 5) is 16.1. The number of phenols is 1. The predicted molar refractivity (Wildman–Crippen MR) is 166 cm³/mol. The summed E-state index contributed by atoms with van der Waals surface area (Å²) in [6.45, 7) is 5.04. The number of phenolic OH excluding ortho intramolecular Hbond substituents is 1. The molecule has 41 heavy (non-hydrogen) atoms. The lowest BCUT2D eigenvalue weighted by Gasteiger charge is -2.36. The van der Waals surface area contributed by atoms with Crippen LogP contribution in [-0.2, 0) is 13.0 Å². The Balaban J connectivity index is 1.12. The zero-order valence-electron chi connectivity index (χ0n) is 23.3. The molecular formula is C33H37N7O. The molecule has 3 heterocycles. The third-order valence-electron chi connectivity index (χ3n) is 7.94. The molecule has 3 aromatic carbocycles. The zero-order chi connectivity index (χ0) is 27.9. The largest absolute Gasteiger partial charge is 0.508 e. The van der Waals surface area contributed by atoms with Crippen molar-refractivity contribution in [3.05, 3.63) is 96.4 Å². The van der Waals surface area contributed by atoms with Crippen molar-refractivity contribution in [2.75, 3.05) is 43.4 Å². The molecule has 8 heteroatoms. The molecule has 1 saturated heterocycles. The van der Waals surface area contributed by atoms with E-state index in [2.05, 4.69) is 66.1 Å². The highest BCUT2D eigenvalue weighted by Crippen LogP contribution is 2.31. The van der Waals surface area contributed by atoms with Crippen LogP contribution in [0.5, 0.6) is 5.75 Å². The molecule has 0 aliphatic carbocycles. The van der Waals surface area contributed by atoms with E-state index in [4.69, 9.17) is 0 Å². The van der Waals surface area contributed by atoms with Crippen molar-refractivity contribution >= 4 is 33.3 Å². The smallest absolute Gasteiger partial charge is 0.137 e. The van der Waals surface area contributed by atoms with Crippen LogP contribution in [0.4, 0.5) is 11.5 Å². The van der Waals surface area contributed by atoms with Gasteiger partial charge in [-0.2, -0.15) is 0 Å². The molecule has 0 saturated carbocycles. The van der Waals surface area contributed by atoms with E-state index in [9.17, 15) is 5.11 Å². The summed E-state index contributed by atoms with van der Waals surface area (Å²) >= 11 is 0. The number of hydrogen-bond donors (Lipinski definition) is 4. The maximum Gasteiger partial charge on any atom is 0.137 e. The first-order valence-corrected chi connectivity index (χ1v) is 14.5. The minimum absolute atomic E-state index is 0.282. The summed E-state index contributed by atoms with van der Waals surface area (Å²) in [5.74, 6) is 1.10. The van der Waals surface area contributed by atoms with Crippen molar-refractivity contribution in [1.29, 1.82) is 0 Å². The van der Waals surface area contributed by atoms with Crippen LogP contribution in [0, 0.1) is 0 Å². The molecule has 0 bridgehead atoms. The van der Waals surface area contributed by atoms with Crippen LogP contribution < -0.4 is 16.0 Å². The number of benzene rings is 3. The predicted octanol–water partition coefficient (Wildman–Crippen LogP) is 5.20. The number of anilines is 2. The second-order valence-corrected chi connectivity index (χ2v) is 10.6. The second kappa shape index (κ2) is 12.9. The third-order valence-corrected chi connectivity index (χ3v) is 7.94. The van der Waals surface area contributed by atoms with Crippen molar-refractivity contribution in [3.8, 4) is 5.75 Å². The number of aromatic nitrogens is 3. The van der Waals surface area contributed by atoms with Crippen molar-refractivity contribution in [2.45, 2.75) is 31.8 Å². The van der Waals surface area contributed by atoms with E-state index in [1.54, 1.807) is 12.4 Å².